The van der Waals surface area contributed by atoms with Crippen molar-refractivity contribution in [3.8, 4) is 0 Å². The zero-order chi connectivity index (χ0) is 16.4. The van der Waals surface area contributed by atoms with E-state index in [1.807, 2.05) is 29.3 Å². The van der Waals surface area contributed by atoms with Crippen molar-refractivity contribution < 1.29 is 14.3 Å². The summed E-state index contributed by atoms with van der Waals surface area (Å²) in [6, 6.07) is 7.85. The van der Waals surface area contributed by atoms with Crippen LogP contribution in [-0.2, 0) is 4.79 Å². The third-order valence-corrected chi connectivity index (χ3v) is 5.55. The van der Waals surface area contributed by atoms with E-state index in [1.54, 1.807) is 17.4 Å². The number of rotatable bonds is 4. The summed E-state index contributed by atoms with van der Waals surface area (Å²) in [6.45, 7) is 2.74. The van der Waals surface area contributed by atoms with Crippen molar-refractivity contribution in [2.24, 2.45) is 0 Å². The maximum atomic E-state index is 13.8. The summed E-state index contributed by atoms with van der Waals surface area (Å²) in [4.78, 5) is 14.8. The third kappa shape index (κ3) is 3.31. The second-order valence-electron chi connectivity index (χ2n) is 6.01. The molecule has 2 atom stereocenters. The van der Waals surface area contributed by atoms with Gasteiger partial charge in [0.1, 0.15) is 11.9 Å². The number of hydrogen-bond acceptors (Lipinski definition) is 3. The highest BCUT2D eigenvalue weighted by atomic mass is 32.1. The van der Waals surface area contributed by atoms with Gasteiger partial charge in [0.15, 0.2) is 0 Å². The minimum absolute atomic E-state index is 0.202. The van der Waals surface area contributed by atoms with Gasteiger partial charge in [0.05, 0.1) is 6.04 Å². The molecule has 0 aliphatic carbocycles. The fourth-order valence-corrected chi connectivity index (χ4v) is 4.44. The molecule has 0 saturated carbocycles. The number of hydrogen-bond donors (Lipinski definition) is 1. The lowest BCUT2D eigenvalue weighted by molar-refractivity contribution is -0.145. The van der Waals surface area contributed by atoms with Crippen molar-refractivity contribution in [1.82, 2.24) is 4.90 Å². The normalized spacial score (nSPS) is 20.3. The highest BCUT2D eigenvalue weighted by Crippen LogP contribution is 2.38. The van der Waals surface area contributed by atoms with Gasteiger partial charge in [-0.2, -0.15) is 0 Å². The monoisotopic (exact) mass is 333 g/mol. The Labute approximate surface area is 139 Å². The van der Waals surface area contributed by atoms with Gasteiger partial charge in [-0.05, 0) is 61.0 Å². The minimum atomic E-state index is -0.791. The molecule has 1 fully saturated rings. The van der Waals surface area contributed by atoms with Crippen LogP contribution in [0.3, 0.4) is 0 Å². The van der Waals surface area contributed by atoms with Crippen molar-refractivity contribution in [2.45, 2.75) is 38.3 Å². The van der Waals surface area contributed by atoms with Crippen molar-refractivity contribution in [2.75, 3.05) is 6.54 Å². The van der Waals surface area contributed by atoms with Gasteiger partial charge < -0.3 is 5.11 Å². The average molecular weight is 333 g/mol. The van der Waals surface area contributed by atoms with Crippen molar-refractivity contribution in [3.63, 3.8) is 0 Å². The molecule has 2 aromatic rings. The molecule has 0 amide bonds. The Morgan fingerprint density at radius 3 is 2.87 bits per heavy atom. The predicted octanol–water partition coefficient (Wildman–Crippen LogP) is 4.22. The van der Waals surface area contributed by atoms with Crippen molar-refractivity contribution >= 4 is 17.3 Å². The Morgan fingerprint density at radius 2 is 2.22 bits per heavy atom. The lowest BCUT2D eigenvalue weighted by Crippen LogP contribution is -2.46. The maximum absolute atomic E-state index is 13.8. The number of aryl methyl sites for hydroxylation is 1. The molecule has 1 aliphatic rings. The number of nitrogens with zero attached hydrogens (tertiary/aromatic N) is 1. The Hall–Kier alpha value is -1.72. The molecule has 1 aromatic heterocycles. The van der Waals surface area contributed by atoms with E-state index in [0.29, 0.717) is 6.42 Å². The number of halogens is 1. The molecule has 2 unspecified atom stereocenters. The highest BCUT2D eigenvalue weighted by molar-refractivity contribution is 7.10. The molecular weight excluding hydrogens is 313 g/mol. The van der Waals surface area contributed by atoms with E-state index in [0.717, 1.165) is 35.4 Å². The third-order valence-electron chi connectivity index (χ3n) is 4.48. The van der Waals surface area contributed by atoms with Gasteiger partial charge >= 0.3 is 5.97 Å². The first-order valence-electron chi connectivity index (χ1n) is 7.86. The molecule has 1 aromatic carbocycles. The van der Waals surface area contributed by atoms with Crippen LogP contribution in [0.5, 0.6) is 0 Å². The van der Waals surface area contributed by atoms with Crippen LogP contribution >= 0.6 is 11.3 Å². The first kappa shape index (κ1) is 16.1. The molecule has 1 aliphatic heterocycles. The fraction of sp³-hybridized carbons (Fsp3) is 0.389. The van der Waals surface area contributed by atoms with Crippen LogP contribution in [0.25, 0.3) is 0 Å². The molecule has 23 heavy (non-hydrogen) atoms. The van der Waals surface area contributed by atoms with Crippen LogP contribution in [0.15, 0.2) is 35.7 Å². The summed E-state index contributed by atoms with van der Waals surface area (Å²) in [7, 11) is 0. The lowest BCUT2D eigenvalue weighted by Gasteiger charge is -2.39. The van der Waals surface area contributed by atoms with Gasteiger partial charge in [-0.25, -0.2) is 4.39 Å². The van der Waals surface area contributed by atoms with Crippen LogP contribution < -0.4 is 0 Å². The van der Waals surface area contributed by atoms with E-state index in [-0.39, 0.29) is 11.9 Å². The largest absolute Gasteiger partial charge is 0.480 e. The van der Waals surface area contributed by atoms with E-state index in [9.17, 15) is 14.3 Å². The molecule has 122 valence electrons. The average Bonchev–Trinajstić information content (AvgIpc) is 2.94. The van der Waals surface area contributed by atoms with Crippen LogP contribution in [0.4, 0.5) is 4.39 Å². The zero-order valence-corrected chi connectivity index (χ0v) is 13.9. The van der Waals surface area contributed by atoms with Crippen molar-refractivity contribution in [3.05, 3.63) is 57.5 Å². The summed E-state index contributed by atoms with van der Waals surface area (Å²) < 4.78 is 13.8. The molecule has 0 radical (unpaired) electrons. The van der Waals surface area contributed by atoms with Gasteiger partial charge in [0, 0.05) is 4.88 Å². The number of benzene rings is 1. The zero-order valence-electron chi connectivity index (χ0n) is 13.0. The molecule has 3 rings (SSSR count). The van der Waals surface area contributed by atoms with Gasteiger partial charge in [-0.15, -0.1) is 11.3 Å². The number of carboxylic acid groups (broad SMARTS) is 1. The number of aliphatic carboxylic acids is 1. The number of carbonyl (C=O) groups is 1. The molecule has 0 bridgehead atoms. The summed E-state index contributed by atoms with van der Waals surface area (Å²) in [5, 5.41) is 11.6. The van der Waals surface area contributed by atoms with Gasteiger partial charge in [-0.3, -0.25) is 9.69 Å². The topological polar surface area (TPSA) is 40.5 Å². The molecule has 2 heterocycles. The van der Waals surface area contributed by atoms with Crippen LogP contribution in [0.1, 0.15) is 41.3 Å². The van der Waals surface area contributed by atoms with Gasteiger partial charge in [-0.1, -0.05) is 18.6 Å². The molecular formula is C18H20FNO2S. The summed E-state index contributed by atoms with van der Waals surface area (Å²) >= 11 is 1.61. The Kier molecular flexibility index (Phi) is 4.78. The number of piperidine rings is 1. The van der Waals surface area contributed by atoms with E-state index in [2.05, 4.69) is 0 Å². The number of thiophene rings is 1. The summed E-state index contributed by atoms with van der Waals surface area (Å²) in [5.74, 6) is -1.08. The first-order valence-corrected chi connectivity index (χ1v) is 8.74. The summed E-state index contributed by atoms with van der Waals surface area (Å²) in [5.41, 5.74) is 1.95. The minimum Gasteiger partial charge on any atom is -0.480 e. The number of likely N-dealkylation sites (tertiary alicyclic amines) is 1. The summed E-state index contributed by atoms with van der Waals surface area (Å²) in [6.07, 6.45) is 2.54. The van der Waals surface area contributed by atoms with E-state index < -0.39 is 12.0 Å². The predicted molar refractivity (Wildman–Crippen MR) is 89.3 cm³/mol. The van der Waals surface area contributed by atoms with Crippen LogP contribution in [0.2, 0.25) is 0 Å². The smallest absolute Gasteiger partial charge is 0.320 e. The second-order valence-corrected chi connectivity index (χ2v) is 6.96. The molecule has 3 nitrogen and oxygen atoms in total. The number of carboxylic acids is 1. The Morgan fingerprint density at radius 1 is 1.39 bits per heavy atom. The van der Waals surface area contributed by atoms with E-state index >= 15 is 0 Å². The van der Waals surface area contributed by atoms with E-state index in [1.165, 1.54) is 12.1 Å². The quantitative estimate of drug-likeness (QED) is 0.910. The fourth-order valence-electron chi connectivity index (χ4n) is 3.36. The highest BCUT2D eigenvalue weighted by Gasteiger charge is 2.36. The second kappa shape index (κ2) is 6.81. The standard InChI is InChI=1S/C18H20FNO2S/c1-12-8-10-23-17(12)16(13-5-4-6-14(19)11-13)20-9-3-2-7-15(20)18(21)22/h4-6,8,10-11,15-16H,2-3,7,9H2,1H3,(H,21,22). The van der Waals surface area contributed by atoms with Gasteiger partial charge in [0.2, 0.25) is 0 Å². The first-order chi connectivity index (χ1) is 11.1. The Balaban J connectivity index is 2.08. The lowest BCUT2D eigenvalue weighted by atomic mass is 9.94. The molecule has 0 spiro atoms. The molecule has 1 saturated heterocycles. The van der Waals surface area contributed by atoms with Gasteiger partial charge in [0.25, 0.3) is 0 Å². The van der Waals surface area contributed by atoms with Crippen molar-refractivity contribution in [1.29, 1.82) is 0 Å². The van der Waals surface area contributed by atoms with Crippen LogP contribution in [0, 0.1) is 12.7 Å². The van der Waals surface area contributed by atoms with Crippen LogP contribution in [-0.4, -0.2) is 28.6 Å². The molecule has 1 N–H and O–H groups in total. The maximum Gasteiger partial charge on any atom is 0.320 e. The molecule has 5 heteroatoms. The van der Waals surface area contributed by atoms with E-state index in [4.69, 9.17) is 0 Å². The SMILES string of the molecule is Cc1ccsc1C(c1cccc(F)c1)N1CCCCC1C(=O)O. The Bertz CT molecular complexity index is 700.